The van der Waals surface area contributed by atoms with Gasteiger partial charge in [0, 0.05) is 54.2 Å². The summed E-state index contributed by atoms with van der Waals surface area (Å²) in [5, 5.41) is 21.7. The molecule has 50 heavy (non-hydrogen) atoms. The quantitative estimate of drug-likeness (QED) is 0.0543. The number of carbonyl (C=O) groups is 5. The standard InChI is InChI=1S/C37H34N4O9/c1-21(38-48-24(4)42)35(45)27-11-15-29(16-12-27)41(30-17-13-28(14-18-30)36(46)22(2)39-49-25(5)43)34-20-19-33(31-9-7-8-10-32(31)34)37(47)23(3)40-50-26(6)44/h7-20,26,44H,1-6H3/b38-21+,39-22+,40-23+. The van der Waals surface area contributed by atoms with Gasteiger partial charge in [-0.1, -0.05) is 39.7 Å². The molecule has 0 saturated carbocycles. The topological polar surface area (TPSA) is 174 Å². The van der Waals surface area contributed by atoms with Gasteiger partial charge in [0.15, 0.2) is 0 Å². The van der Waals surface area contributed by atoms with Gasteiger partial charge in [0.05, 0.1) is 5.69 Å². The van der Waals surface area contributed by atoms with Gasteiger partial charge in [-0.15, -0.1) is 0 Å². The molecule has 4 aromatic carbocycles. The molecule has 256 valence electrons. The number of oxime groups is 3. The molecule has 0 amide bonds. The molecule has 13 heteroatoms. The maximum atomic E-state index is 13.4. The zero-order valence-corrected chi connectivity index (χ0v) is 28.2. The van der Waals surface area contributed by atoms with E-state index in [0.717, 1.165) is 0 Å². The van der Waals surface area contributed by atoms with Crippen molar-refractivity contribution in [1.82, 2.24) is 0 Å². The van der Waals surface area contributed by atoms with Gasteiger partial charge in [-0.3, -0.25) is 14.4 Å². The van der Waals surface area contributed by atoms with Gasteiger partial charge in [0.1, 0.15) is 17.1 Å². The summed E-state index contributed by atoms with van der Waals surface area (Å²) in [5.41, 5.74) is 2.86. The van der Waals surface area contributed by atoms with E-state index in [9.17, 15) is 29.1 Å². The van der Waals surface area contributed by atoms with E-state index >= 15 is 0 Å². The van der Waals surface area contributed by atoms with E-state index in [1.807, 2.05) is 17.0 Å². The summed E-state index contributed by atoms with van der Waals surface area (Å²) in [6.07, 6.45) is -1.19. The van der Waals surface area contributed by atoms with Crippen LogP contribution in [0.25, 0.3) is 10.8 Å². The Labute approximate surface area is 287 Å². The number of Topliss-reactive ketones (excluding diaryl/α,β-unsaturated/α-hetero) is 3. The normalized spacial score (nSPS) is 12.6. The lowest BCUT2D eigenvalue weighted by Crippen LogP contribution is -2.16. The van der Waals surface area contributed by atoms with Crippen LogP contribution in [0.5, 0.6) is 0 Å². The number of fused-ring (bicyclic) bond motifs is 1. The number of rotatable bonds is 13. The molecule has 0 bridgehead atoms. The largest absolute Gasteiger partial charge is 0.364 e. The van der Waals surface area contributed by atoms with Crippen molar-refractivity contribution in [1.29, 1.82) is 0 Å². The highest BCUT2D eigenvalue weighted by Gasteiger charge is 2.22. The van der Waals surface area contributed by atoms with Crippen LogP contribution in [-0.4, -0.2) is 57.8 Å². The summed E-state index contributed by atoms with van der Waals surface area (Å²) in [6.45, 7) is 8.09. The summed E-state index contributed by atoms with van der Waals surface area (Å²) in [6, 6.07) is 24.0. The van der Waals surface area contributed by atoms with Crippen LogP contribution in [0.15, 0.2) is 100 Å². The molecule has 0 saturated heterocycles. The van der Waals surface area contributed by atoms with Gasteiger partial charge >= 0.3 is 11.9 Å². The first kappa shape index (κ1) is 36.5. The van der Waals surface area contributed by atoms with Crippen LogP contribution in [0, 0.1) is 0 Å². The highest BCUT2D eigenvalue weighted by molar-refractivity contribution is 6.47. The molecule has 0 radical (unpaired) electrons. The number of aliphatic hydroxyl groups excluding tert-OH is 1. The van der Waals surface area contributed by atoms with Crippen molar-refractivity contribution in [3.05, 3.63) is 102 Å². The fraction of sp³-hybridized carbons (Fsp3) is 0.189. The molecule has 1 N–H and O–H groups in total. The van der Waals surface area contributed by atoms with E-state index in [1.165, 1.54) is 41.5 Å². The molecule has 4 rings (SSSR count). The van der Waals surface area contributed by atoms with E-state index in [4.69, 9.17) is 4.84 Å². The van der Waals surface area contributed by atoms with Gasteiger partial charge in [-0.2, -0.15) is 0 Å². The van der Waals surface area contributed by atoms with Crippen molar-refractivity contribution in [3.63, 3.8) is 0 Å². The number of hydrogen-bond acceptors (Lipinski definition) is 13. The minimum atomic E-state index is -1.19. The molecule has 13 nitrogen and oxygen atoms in total. The first-order chi connectivity index (χ1) is 23.8. The third-order valence-corrected chi connectivity index (χ3v) is 7.11. The number of carbonyl (C=O) groups excluding carboxylic acids is 5. The molecule has 0 aliphatic carbocycles. The molecule has 0 aliphatic rings. The Kier molecular flexibility index (Phi) is 11.8. The summed E-state index contributed by atoms with van der Waals surface area (Å²) < 4.78 is 0. The molecular formula is C37H34N4O9. The zero-order chi connectivity index (χ0) is 36.5. The molecule has 0 aromatic heterocycles. The number of hydrogen-bond donors (Lipinski definition) is 1. The first-order valence-electron chi connectivity index (χ1n) is 15.3. The third kappa shape index (κ3) is 8.76. The van der Waals surface area contributed by atoms with Crippen LogP contribution in [-0.2, 0) is 24.1 Å². The second-order valence-electron chi connectivity index (χ2n) is 11.0. The van der Waals surface area contributed by atoms with Crippen molar-refractivity contribution in [2.24, 2.45) is 15.5 Å². The third-order valence-electron chi connectivity index (χ3n) is 7.11. The lowest BCUT2D eigenvalue weighted by atomic mass is 9.97. The summed E-state index contributed by atoms with van der Waals surface area (Å²) >= 11 is 0. The lowest BCUT2D eigenvalue weighted by molar-refractivity contribution is -0.141. The van der Waals surface area contributed by atoms with Gasteiger partial charge in [0.25, 0.3) is 0 Å². The molecule has 0 aliphatic heterocycles. The van der Waals surface area contributed by atoms with E-state index in [-0.39, 0.29) is 17.1 Å². The van der Waals surface area contributed by atoms with Crippen LogP contribution in [0.2, 0.25) is 0 Å². The first-order valence-corrected chi connectivity index (χ1v) is 15.3. The maximum Gasteiger partial charge on any atom is 0.331 e. The number of anilines is 3. The Bertz CT molecular complexity index is 1960. The van der Waals surface area contributed by atoms with Crippen molar-refractivity contribution >= 4 is 74.3 Å². The second kappa shape index (κ2) is 16.2. The van der Waals surface area contributed by atoms with Crippen LogP contribution in [0.3, 0.4) is 0 Å². The maximum absolute atomic E-state index is 13.4. The number of ketones is 3. The lowest BCUT2D eigenvalue weighted by Gasteiger charge is -2.27. The molecule has 0 fully saturated rings. The van der Waals surface area contributed by atoms with Crippen LogP contribution < -0.4 is 4.90 Å². The summed E-state index contributed by atoms with van der Waals surface area (Å²) in [5.74, 6) is -2.59. The molecule has 4 aromatic rings. The molecular weight excluding hydrogens is 644 g/mol. The zero-order valence-electron chi connectivity index (χ0n) is 28.2. The predicted octanol–water partition coefficient (Wildman–Crippen LogP) is 6.47. The van der Waals surface area contributed by atoms with E-state index in [1.54, 1.807) is 72.8 Å². The van der Waals surface area contributed by atoms with Crippen LogP contribution >= 0.6 is 0 Å². The van der Waals surface area contributed by atoms with Crippen molar-refractivity contribution in [2.75, 3.05) is 4.90 Å². The average molecular weight is 679 g/mol. The molecule has 0 spiro atoms. The monoisotopic (exact) mass is 678 g/mol. The predicted molar refractivity (Wildman–Crippen MR) is 187 cm³/mol. The Morgan fingerprint density at radius 1 is 0.580 bits per heavy atom. The minimum Gasteiger partial charge on any atom is -0.364 e. The highest BCUT2D eigenvalue weighted by Crippen LogP contribution is 2.40. The Morgan fingerprint density at radius 3 is 1.46 bits per heavy atom. The Hall–Kier alpha value is -6.34. The average Bonchev–Trinajstić information content (AvgIpc) is 3.11. The second-order valence-corrected chi connectivity index (χ2v) is 11.0. The smallest absolute Gasteiger partial charge is 0.331 e. The van der Waals surface area contributed by atoms with E-state index in [2.05, 4.69) is 25.1 Å². The fourth-order valence-corrected chi connectivity index (χ4v) is 4.79. The summed E-state index contributed by atoms with van der Waals surface area (Å²) in [4.78, 5) is 77.6. The molecule has 0 heterocycles. The highest BCUT2D eigenvalue weighted by atomic mass is 16.7. The SMILES string of the molecule is CC(=O)O/N=C(\C)C(=O)c1ccc(N(c2ccc(C(=O)/C(C)=N/OC(C)=O)cc2)c2ccc(C(=O)/C(C)=N/OC(C)O)c3ccccc23)cc1. The van der Waals surface area contributed by atoms with Gasteiger partial charge in [-0.25, -0.2) is 9.59 Å². The van der Waals surface area contributed by atoms with E-state index in [0.29, 0.717) is 44.5 Å². The van der Waals surface area contributed by atoms with Crippen molar-refractivity contribution < 1.29 is 43.6 Å². The Balaban J connectivity index is 1.84. The van der Waals surface area contributed by atoms with Crippen molar-refractivity contribution in [3.8, 4) is 0 Å². The van der Waals surface area contributed by atoms with Gasteiger partial charge in [-0.05, 0) is 86.8 Å². The number of nitrogens with zero attached hydrogens (tertiary/aromatic N) is 4. The molecule has 1 unspecified atom stereocenters. The number of aliphatic hydroxyl groups is 1. The van der Waals surface area contributed by atoms with Crippen LogP contribution in [0.1, 0.15) is 72.6 Å². The van der Waals surface area contributed by atoms with Crippen molar-refractivity contribution in [2.45, 2.75) is 47.8 Å². The Morgan fingerprint density at radius 2 is 1.02 bits per heavy atom. The van der Waals surface area contributed by atoms with Gasteiger partial charge < -0.3 is 24.5 Å². The van der Waals surface area contributed by atoms with Crippen LogP contribution in [0.4, 0.5) is 17.1 Å². The van der Waals surface area contributed by atoms with E-state index < -0.39 is 35.6 Å². The fourth-order valence-electron chi connectivity index (χ4n) is 4.79. The summed E-state index contributed by atoms with van der Waals surface area (Å²) in [7, 11) is 0. The number of benzene rings is 4. The minimum absolute atomic E-state index is 0.0125. The molecule has 1 atom stereocenters. The van der Waals surface area contributed by atoms with Gasteiger partial charge in [0.2, 0.25) is 23.6 Å².